The maximum atomic E-state index is 13.9. The maximum Gasteiger partial charge on any atom is 0.412 e. The summed E-state index contributed by atoms with van der Waals surface area (Å²) in [6, 6.07) is 5.40. The fraction of sp³-hybridized carbons (Fsp3) is 0.286. The lowest BCUT2D eigenvalue weighted by atomic mass is 10.2. The second-order valence-electron chi connectivity index (χ2n) is 5.42. The van der Waals surface area contributed by atoms with Crippen LogP contribution in [-0.4, -0.2) is 23.2 Å². The second-order valence-corrected chi connectivity index (χ2v) is 5.42. The lowest BCUT2D eigenvalue weighted by Gasteiger charge is -2.19. The Bertz CT molecular complexity index is 687. The van der Waals surface area contributed by atoms with Crippen LogP contribution in [-0.2, 0) is 4.74 Å². The van der Waals surface area contributed by atoms with E-state index in [4.69, 9.17) is 21.1 Å². The van der Waals surface area contributed by atoms with Gasteiger partial charge in [-0.25, -0.2) is 9.18 Å². The zero-order valence-corrected chi connectivity index (χ0v) is 12.9. The van der Waals surface area contributed by atoms with E-state index in [2.05, 4.69) is 15.8 Å². The number of nitrogens with one attached hydrogen (secondary N) is 3. The van der Waals surface area contributed by atoms with Crippen LogP contribution in [0.2, 0.25) is 0 Å². The summed E-state index contributed by atoms with van der Waals surface area (Å²) < 4.78 is 18.9. The van der Waals surface area contributed by atoms with Crippen molar-refractivity contribution >= 4 is 29.0 Å². The van der Waals surface area contributed by atoms with Gasteiger partial charge in [0.05, 0.1) is 11.4 Å². The molecular weight excluding hydrogens is 303 g/mol. The first-order valence-corrected chi connectivity index (χ1v) is 6.50. The average molecular weight is 320 g/mol. The van der Waals surface area contributed by atoms with Gasteiger partial charge >= 0.3 is 6.09 Å². The summed E-state index contributed by atoms with van der Waals surface area (Å²) >= 11 is 0. The highest BCUT2D eigenvalue weighted by Crippen LogP contribution is 2.20. The van der Waals surface area contributed by atoms with E-state index in [1.54, 1.807) is 26.8 Å². The molecule has 0 atom stereocenters. The SMILES string of the molecule is CC(C)(C)OC(=O)Nc1ccc(N/N=C(\C#N)C(=N)N)cc1F. The Hall–Kier alpha value is -3.15. The van der Waals surface area contributed by atoms with Crippen molar-refractivity contribution in [1.82, 2.24) is 0 Å². The van der Waals surface area contributed by atoms with Crippen LogP contribution in [0.3, 0.4) is 0 Å². The van der Waals surface area contributed by atoms with Gasteiger partial charge in [-0.3, -0.25) is 16.2 Å². The molecule has 0 aliphatic carbocycles. The summed E-state index contributed by atoms with van der Waals surface area (Å²) in [7, 11) is 0. The van der Waals surface area contributed by atoms with Gasteiger partial charge in [0.15, 0.2) is 5.84 Å². The van der Waals surface area contributed by atoms with Crippen LogP contribution < -0.4 is 16.5 Å². The smallest absolute Gasteiger partial charge is 0.412 e. The molecule has 0 heterocycles. The lowest BCUT2D eigenvalue weighted by molar-refractivity contribution is 0.0635. The van der Waals surface area contributed by atoms with E-state index >= 15 is 0 Å². The van der Waals surface area contributed by atoms with Crippen LogP contribution in [0.1, 0.15) is 20.8 Å². The Morgan fingerprint density at radius 1 is 1.48 bits per heavy atom. The molecular formula is C14H17FN6O2. The molecule has 0 saturated carbocycles. The van der Waals surface area contributed by atoms with Crippen LogP contribution in [0.5, 0.6) is 0 Å². The van der Waals surface area contributed by atoms with Gasteiger partial charge in [0.2, 0.25) is 5.71 Å². The van der Waals surface area contributed by atoms with Crippen LogP contribution in [0.4, 0.5) is 20.6 Å². The van der Waals surface area contributed by atoms with E-state index in [1.165, 1.54) is 12.1 Å². The predicted molar refractivity (Wildman–Crippen MR) is 84.8 cm³/mol. The van der Waals surface area contributed by atoms with Crippen LogP contribution in [0.15, 0.2) is 23.3 Å². The van der Waals surface area contributed by atoms with Crippen molar-refractivity contribution in [2.24, 2.45) is 10.8 Å². The molecule has 0 fully saturated rings. The molecule has 8 nitrogen and oxygen atoms in total. The molecule has 1 aromatic rings. The van der Waals surface area contributed by atoms with Crippen molar-refractivity contribution in [2.45, 2.75) is 26.4 Å². The largest absolute Gasteiger partial charge is 0.444 e. The van der Waals surface area contributed by atoms with Crippen molar-refractivity contribution in [2.75, 3.05) is 10.7 Å². The van der Waals surface area contributed by atoms with Gasteiger partial charge in [-0.1, -0.05) is 0 Å². The van der Waals surface area contributed by atoms with Crippen molar-refractivity contribution in [3.63, 3.8) is 0 Å². The minimum Gasteiger partial charge on any atom is -0.444 e. The van der Waals surface area contributed by atoms with Gasteiger partial charge in [-0.15, -0.1) is 0 Å². The molecule has 5 N–H and O–H groups in total. The number of amides is 1. The molecule has 1 aromatic carbocycles. The highest BCUT2D eigenvalue weighted by atomic mass is 19.1. The molecule has 0 spiro atoms. The number of carbonyl (C=O) groups is 1. The predicted octanol–water partition coefficient (Wildman–Crippen LogP) is 2.40. The standard InChI is InChI=1S/C14H17FN6O2/c1-14(2,3)23-13(22)19-10-5-4-8(6-9(10)15)20-21-11(7-16)12(17)18/h4-6,20H,1-3H3,(H3,17,18)(H,19,22)/b21-11+. The number of anilines is 2. The third kappa shape index (κ3) is 6.01. The molecule has 1 rings (SSSR count). The monoisotopic (exact) mass is 320 g/mol. The Balaban J connectivity index is 2.81. The molecule has 0 aromatic heterocycles. The van der Waals surface area contributed by atoms with E-state index < -0.39 is 23.3 Å². The van der Waals surface area contributed by atoms with Gasteiger partial charge in [-0.2, -0.15) is 10.4 Å². The number of nitrogens with zero attached hydrogens (tertiary/aromatic N) is 2. The number of rotatable bonds is 4. The first-order valence-electron chi connectivity index (χ1n) is 6.50. The van der Waals surface area contributed by atoms with Crippen LogP contribution in [0, 0.1) is 22.6 Å². The van der Waals surface area contributed by atoms with Gasteiger partial charge < -0.3 is 10.5 Å². The normalized spacial score (nSPS) is 11.3. The van der Waals surface area contributed by atoms with E-state index in [0.29, 0.717) is 0 Å². The minimum atomic E-state index is -0.779. The summed E-state index contributed by atoms with van der Waals surface area (Å²) in [5.74, 6) is -1.24. The molecule has 0 aliphatic rings. The Morgan fingerprint density at radius 2 is 2.13 bits per heavy atom. The van der Waals surface area contributed by atoms with Gasteiger partial charge in [0, 0.05) is 6.07 Å². The van der Waals surface area contributed by atoms with E-state index in [1.807, 2.05) is 0 Å². The molecule has 122 valence electrons. The quantitative estimate of drug-likeness (QED) is 0.383. The number of ether oxygens (including phenoxy) is 1. The van der Waals surface area contributed by atoms with Crippen molar-refractivity contribution < 1.29 is 13.9 Å². The number of hydrogen-bond acceptors (Lipinski definition) is 6. The topological polar surface area (TPSA) is 136 Å². The summed E-state index contributed by atoms with van der Waals surface area (Å²) in [4.78, 5) is 11.6. The number of hydrazone groups is 1. The second kappa shape index (κ2) is 7.22. The zero-order valence-electron chi connectivity index (χ0n) is 12.9. The Labute approximate surface area is 132 Å². The van der Waals surface area contributed by atoms with Crippen LogP contribution >= 0.6 is 0 Å². The van der Waals surface area contributed by atoms with Crippen LogP contribution in [0.25, 0.3) is 0 Å². The number of amidine groups is 1. The first-order chi connectivity index (χ1) is 10.6. The fourth-order valence-corrected chi connectivity index (χ4v) is 1.37. The lowest BCUT2D eigenvalue weighted by Crippen LogP contribution is -2.27. The van der Waals surface area contributed by atoms with E-state index in [9.17, 15) is 9.18 Å². The Morgan fingerprint density at radius 3 is 2.61 bits per heavy atom. The highest BCUT2D eigenvalue weighted by Gasteiger charge is 2.17. The first kappa shape index (κ1) is 17.9. The number of nitriles is 1. The molecule has 0 bridgehead atoms. The molecule has 0 radical (unpaired) electrons. The maximum absolute atomic E-state index is 13.9. The highest BCUT2D eigenvalue weighted by molar-refractivity contribution is 6.45. The molecule has 0 saturated heterocycles. The summed E-state index contributed by atoms with van der Waals surface area (Å²) in [5, 5.41) is 21.6. The fourth-order valence-electron chi connectivity index (χ4n) is 1.37. The number of carbonyl (C=O) groups excluding carboxylic acids is 1. The average Bonchev–Trinajstić information content (AvgIpc) is 2.40. The zero-order chi connectivity index (χ0) is 17.6. The number of benzene rings is 1. The molecule has 0 unspecified atom stereocenters. The number of halogens is 1. The Kier molecular flexibility index (Phi) is 5.62. The van der Waals surface area contributed by atoms with Gasteiger partial charge in [-0.05, 0) is 32.9 Å². The molecule has 23 heavy (non-hydrogen) atoms. The van der Waals surface area contributed by atoms with Crippen molar-refractivity contribution in [3.05, 3.63) is 24.0 Å². The van der Waals surface area contributed by atoms with E-state index in [-0.39, 0.29) is 17.1 Å². The van der Waals surface area contributed by atoms with E-state index in [0.717, 1.165) is 6.07 Å². The molecule has 9 heteroatoms. The van der Waals surface area contributed by atoms with Crippen molar-refractivity contribution in [1.29, 1.82) is 10.7 Å². The third-order valence-electron chi connectivity index (χ3n) is 2.26. The minimum absolute atomic E-state index is 0.0687. The molecule has 1 amide bonds. The summed E-state index contributed by atoms with van der Waals surface area (Å²) in [6.07, 6.45) is -0.779. The number of hydrogen-bond donors (Lipinski definition) is 4. The van der Waals surface area contributed by atoms with Gasteiger partial charge in [0.25, 0.3) is 0 Å². The summed E-state index contributed by atoms with van der Waals surface area (Å²) in [6.45, 7) is 5.07. The third-order valence-corrected chi connectivity index (χ3v) is 2.26. The van der Waals surface area contributed by atoms with Gasteiger partial charge in [0.1, 0.15) is 17.5 Å². The number of nitrogens with two attached hydrogens (primary N) is 1. The molecule has 0 aliphatic heterocycles. The summed E-state index contributed by atoms with van der Waals surface area (Å²) in [5.41, 5.74) is 6.64. The van der Waals surface area contributed by atoms with Crippen molar-refractivity contribution in [3.8, 4) is 6.07 Å².